The molecule has 1 heteroatoms. The molecule has 72 valence electrons. The quantitative estimate of drug-likeness (QED) is 0.638. The molecule has 0 amide bonds. The molecule has 0 spiro atoms. The van der Waals surface area contributed by atoms with E-state index in [0.29, 0.717) is 5.54 Å². The van der Waals surface area contributed by atoms with Gasteiger partial charge in [-0.1, -0.05) is 26.7 Å². The molecule has 0 aliphatic heterocycles. The number of unbranched alkanes of at least 4 members (excludes halogenated alkanes) is 1. The second-order valence-corrected chi connectivity index (χ2v) is 4.49. The van der Waals surface area contributed by atoms with E-state index in [9.17, 15) is 0 Å². The molecule has 1 N–H and O–H groups in total. The van der Waals surface area contributed by atoms with Gasteiger partial charge in [-0.05, 0) is 38.6 Å². The first-order valence-electron chi connectivity index (χ1n) is 5.44. The van der Waals surface area contributed by atoms with Gasteiger partial charge in [0.15, 0.2) is 0 Å². The molecule has 0 aromatic carbocycles. The normalized spacial score (nSPS) is 35.8. The van der Waals surface area contributed by atoms with Crippen molar-refractivity contribution in [3.8, 4) is 0 Å². The van der Waals surface area contributed by atoms with Crippen LogP contribution in [0.15, 0.2) is 0 Å². The number of nitrogens with one attached hydrogen (secondary N) is 1. The SMILES string of the molecule is CCCCNC1(C)CCCC1C. The van der Waals surface area contributed by atoms with Gasteiger partial charge in [-0.15, -0.1) is 0 Å². The average Bonchev–Trinajstić information content (AvgIpc) is 2.34. The van der Waals surface area contributed by atoms with Crippen molar-refractivity contribution < 1.29 is 0 Å². The standard InChI is InChI=1S/C11H23N/c1-4-5-9-12-11(3)8-6-7-10(11)2/h10,12H,4-9H2,1-3H3. The van der Waals surface area contributed by atoms with Gasteiger partial charge in [0.05, 0.1) is 0 Å². The van der Waals surface area contributed by atoms with E-state index >= 15 is 0 Å². The van der Waals surface area contributed by atoms with Crippen molar-refractivity contribution in [2.45, 2.75) is 58.4 Å². The van der Waals surface area contributed by atoms with Crippen LogP contribution in [0, 0.1) is 5.92 Å². The monoisotopic (exact) mass is 169 g/mol. The molecule has 0 aromatic heterocycles. The molecule has 0 saturated heterocycles. The molecule has 1 aliphatic carbocycles. The Bertz CT molecular complexity index is 133. The Labute approximate surface area is 76.9 Å². The summed E-state index contributed by atoms with van der Waals surface area (Å²) < 4.78 is 0. The molecule has 2 atom stereocenters. The van der Waals surface area contributed by atoms with E-state index in [1.165, 1.54) is 38.6 Å². The van der Waals surface area contributed by atoms with Crippen LogP contribution in [-0.4, -0.2) is 12.1 Å². The summed E-state index contributed by atoms with van der Waals surface area (Å²) in [6.45, 7) is 8.23. The van der Waals surface area contributed by atoms with E-state index < -0.39 is 0 Å². The summed E-state index contributed by atoms with van der Waals surface area (Å²) in [5.74, 6) is 0.870. The second-order valence-electron chi connectivity index (χ2n) is 4.49. The zero-order valence-corrected chi connectivity index (χ0v) is 8.82. The summed E-state index contributed by atoms with van der Waals surface area (Å²) in [6, 6.07) is 0. The lowest BCUT2D eigenvalue weighted by Crippen LogP contribution is -2.44. The zero-order chi connectivity index (χ0) is 9.03. The lowest BCUT2D eigenvalue weighted by Gasteiger charge is -2.30. The Hall–Kier alpha value is -0.0400. The van der Waals surface area contributed by atoms with Crippen LogP contribution in [0.1, 0.15) is 52.9 Å². The van der Waals surface area contributed by atoms with Crippen LogP contribution in [-0.2, 0) is 0 Å². The Kier molecular flexibility index (Phi) is 3.57. The third kappa shape index (κ3) is 2.22. The lowest BCUT2D eigenvalue weighted by molar-refractivity contribution is 0.285. The minimum atomic E-state index is 0.454. The summed E-state index contributed by atoms with van der Waals surface area (Å²) in [7, 11) is 0. The minimum Gasteiger partial charge on any atom is -0.311 e. The summed E-state index contributed by atoms with van der Waals surface area (Å²) in [5.41, 5.74) is 0.454. The molecule has 12 heavy (non-hydrogen) atoms. The molecule has 0 aromatic rings. The predicted octanol–water partition coefficient (Wildman–Crippen LogP) is 2.95. The molecule has 1 saturated carbocycles. The third-order valence-electron chi connectivity index (χ3n) is 3.48. The maximum atomic E-state index is 3.71. The van der Waals surface area contributed by atoms with Gasteiger partial charge in [-0.2, -0.15) is 0 Å². The molecule has 0 bridgehead atoms. The van der Waals surface area contributed by atoms with Crippen molar-refractivity contribution >= 4 is 0 Å². The van der Waals surface area contributed by atoms with Crippen LogP contribution in [0.2, 0.25) is 0 Å². The van der Waals surface area contributed by atoms with Crippen LogP contribution in [0.25, 0.3) is 0 Å². The van der Waals surface area contributed by atoms with E-state index in [2.05, 4.69) is 26.1 Å². The fourth-order valence-electron chi connectivity index (χ4n) is 2.15. The molecule has 0 radical (unpaired) electrons. The number of rotatable bonds is 4. The van der Waals surface area contributed by atoms with Crippen molar-refractivity contribution in [1.29, 1.82) is 0 Å². The highest BCUT2D eigenvalue weighted by atomic mass is 15.0. The largest absolute Gasteiger partial charge is 0.311 e. The van der Waals surface area contributed by atoms with E-state index in [0.717, 1.165) is 5.92 Å². The Morgan fingerprint density at radius 2 is 2.25 bits per heavy atom. The Morgan fingerprint density at radius 1 is 1.50 bits per heavy atom. The molecule has 0 heterocycles. The van der Waals surface area contributed by atoms with E-state index in [-0.39, 0.29) is 0 Å². The highest BCUT2D eigenvalue weighted by Crippen LogP contribution is 2.34. The summed E-state index contributed by atoms with van der Waals surface area (Å²) in [6.07, 6.45) is 6.82. The van der Waals surface area contributed by atoms with Crippen molar-refractivity contribution in [2.75, 3.05) is 6.54 Å². The first-order valence-corrected chi connectivity index (χ1v) is 5.44. The van der Waals surface area contributed by atoms with Crippen LogP contribution < -0.4 is 5.32 Å². The minimum absolute atomic E-state index is 0.454. The van der Waals surface area contributed by atoms with Crippen LogP contribution in [0.3, 0.4) is 0 Å². The van der Waals surface area contributed by atoms with Gasteiger partial charge in [-0.3, -0.25) is 0 Å². The summed E-state index contributed by atoms with van der Waals surface area (Å²) in [5, 5.41) is 3.71. The maximum absolute atomic E-state index is 3.71. The molecular formula is C11H23N. The highest BCUT2D eigenvalue weighted by molar-refractivity contribution is 4.93. The van der Waals surface area contributed by atoms with Crippen molar-refractivity contribution in [3.05, 3.63) is 0 Å². The second kappa shape index (κ2) is 4.27. The Balaban J connectivity index is 2.27. The van der Waals surface area contributed by atoms with Gasteiger partial charge in [0.1, 0.15) is 0 Å². The summed E-state index contributed by atoms with van der Waals surface area (Å²) >= 11 is 0. The van der Waals surface area contributed by atoms with Gasteiger partial charge >= 0.3 is 0 Å². The fraction of sp³-hybridized carbons (Fsp3) is 1.00. The molecule has 2 unspecified atom stereocenters. The van der Waals surface area contributed by atoms with Crippen molar-refractivity contribution in [1.82, 2.24) is 5.32 Å². The fourth-order valence-corrected chi connectivity index (χ4v) is 2.15. The van der Waals surface area contributed by atoms with Gasteiger partial charge in [0, 0.05) is 5.54 Å². The summed E-state index contributed by atoms with van der Waals surface area (Å²) in [4.78, 5) is 0. The average molecular weight is 169 g/mol. The molecule has 1 aliphatic rings. The molecular weight excluding hydrogens is 146 g/mol. The highest BCUT2D eigenvalue weighted by Gasteiger charge is 2.34. The van der Waals surface area contributed by atoms with E-state index in [1.807, 2.05) is 0 Å². The predicted molar refractivity (Wildman–Crippen MR) is 54.3 cm³/mol. The smallest absolute Gasteiger partial charge is 0.0178 e. The van der Waals surface area contributed by atoms with Crippen molar-refractivity contribution in [2.24, 2.45) is 5.92 Å². The van der Waals surface area contributed by atoms with Crippen LogP contribution >= 0.6 is 0 Å². The molecule has 1 rings (SSSR count). The first kappa shape index (κ1) is 10.0. The van der Waals surface area contributed by atoms with Gasteiger partial charge in [-0.25, -0.2) is 0 Å². The van der Waals surface area contributed by atoms with Crippen LogP contribution in [0.4, 0.5) is 0 Å². The topological polar surface area (TPSA) is 12.0 Å². The third-order valence-corrected chi connectivity index (χ3v) is 3.48. The lowest BCUT2D eigenvalue weighted by atomic mass is 9.90. The number of hydrogen-bond donors (Lipinski definition) is 1. The zero-order valence-electron chi connectivity index (χ0n) is 8.82. The molecule has 1 nitrogen and oxygen atoms in total. The maximum Gasteiger partial charge on any atom is 0.0178 e. The van der Waals surface area contributed by atoms with Gasteiger partial charge in [0.2, 0.25) is 0 Å². The van der Waals surface area contributed by atoms with Gasteiger partial charge < -0.3 is 5.32 Å². The van der Waals surface area contributed by atoms with Crippen LogP contribution in [0.5, 0.6) is 0 Å². The first-order chi connectivity index (χ1) is 5.69. The van der Waals surface area contributed by atoms with Gasteiger partial charge in [0.25, 0.3) is 0 Å². The molecule has 1 fully saturated rings. The Morgan fingerprint density at radius 3 is 2.75 bits per heavy atom. The van der Waals surface area contributed by atoms with E-state index in [1.54, 1.807) is 0 Å². The van der Waals surface area contributed by atoms with Crippen molar-refractivity contribution in [3.63, 3.8) is 0 Å². The number of hydrogen-bond acceptors (Lipinski definition) is 1. The van der Waals surface area contributed by atoms with E-state index in [4.69, 9.17) is 0 Å².